The summed E-state index contributed by atoms with van der Waals surface area (Å²) in [5.74, 6) is 1.07. The molecule has 1 saturated heterocycles. The van der Waals surface area contributed by atoms with E-state index in [1.54, 1.807) is 12.0 Å². The predicted octanol–water partition coefficient (Wildman–Crippen LogP) is 7.68. The number of amides is 1. The Morgan fingerprint density at radius 2 is 1.84 bits per heavy atom. The number of carbonyl (C=O) groups is 1. The van der Waals surface area contributed by atoms with Gasteiger partial charge in [-0.1, -0.05) is 66.2 Å². The van der Waals surface area contributed by atoms with Crippen LogP contribution in [0.2, 0.25) is 5.02 Å². The highest BCUT2D eigenvalue weighted by molar-refractivity contribution is 8.18. The summed E-state index contributed by atoms with van der Waals surface area (Å²) in [5.41, 5.74) is 3.61. The number of methoxy groups -OCH3 is 1. The van der Waals surface area contributed by atoms with Gasteiger partial charge in [-0.3, -0.25) is 9.69 Å². The second-order valence-electron chi connectivity index (χ2n) is 8.23. The normalized spacial score (nSPS) is 15.4. The van der Waals surface area contributed by atoms with Crippen molar-refractivity contribution in [2.45, 2.75) is 13.5 Å². The zero-order valence-electron chi connectivity index (χ0n) is 20.8. The van der Waals surface area contributed by atoms with Gasteiger partial charge < -0.3 is 9.47 Å². The maximum Gasteiger partial charge on any atom is 0.266 e. The van der Waals surface area contributed by atoms with Crippen LogP contribution in [0.15, 0.2) is 88.1 Å². The summed E-state index contributed by atoms with van der Waals surface area (Å²) in [6.07, 6.45) is 1.84. The largest absolute Gasteiger partial charge is 0.493 e. The molecule has 4 aromatic rings. The van der Waals surface area contributed by atoms with Crippen molar-refractivity contribution in [1.82, 2.24) is 9.88 Å². The second kappa shape index (κ2) is 11.9. The fraction of sp³-hybridized carbons (Fsp3) is 0.138. The second-order valence-corrected chi connectivity index (χ2v) is 10.5. The lowest BCUT2D eigenvalue weighted by Gasteiger charge is -2.12. The molecule has 0 saturated carbocycles. The lowest BCUT2D eigenvalue weighted by atomic mass is 10.1. The van der Waals surface area contributed by atoms with Gasteiger partial charge in [0.15, 0.2) is 16.7 Å². The van der Waals surface area contributed by atoms with Crippen molar-refractivity contribution in [3.8, 4) is 22.8 Å². The number of nitrogens with zero attached hydrogens (tertiary/aromatic N) is 3. The van der Waals surface area contributed by atoms with Crippen LogP contribution in [0.1, 0.15) is 18.1 Å². The SMILES string of the molecule is CCN1C(=O)/C(=C/c2ccc(OCc3ccccc3Cl)c(OC)c2)S/C1=N/c1nc(-c2ccccc2)cs1. The van der Waals surface area contributed by atoms with Gasteiger partial charge in [-0.15, -0.1) is 11.3 Å². The van der Waals surface area contributed by atoms with Crippen molar-refractivity contribution in [1.29, 1.82) is 0 Å². The zero-order valence-corrected chi connectivity index (χ0v) is 23.1. The third-order valence-electron chi connectivity index (χ3n) is 5.78. The van der Waals surface area contributed by atoms with Crippen LogP contribution in [0.5, 0.6) is 11.5 Å². The summed E-state index contributed by atoms with van der Waals surface area (Å²) in [6.45, 7) is 2.76. The third kappa shape index (κ3) is 5.78. The first kappa shape index (κ1) is 26.0. The van der Waals surface area contributed by atoms with Gasteiger partial charge in [-0.05, 0) is 48.5 Å². The Hall–Kier alpha value is -3.59. The van der Waals surface area contributed by atoms with Gasteiger partial charge >= 0.3 is 0 Å². The first-order valence-electron chi connectivity index (χ1n) is 11.9. The maximum atomic E-state index is 13.2. The molecule has 3 aromatic carbocycles. The van der Waals surface area contributed by atoms with Gasteiger partial charge in [0.05, 0.1) is 17.7 Å². The van der Waals surface area contributed by atoms with Gasteiger partial charge in [0.25, 0.3) is 5.91 Å². The van der Waals surface area contributed by atoms with E-state index < -0.39 is 0 Å². The molecule has 2 heterocycles. The molecule has 1 aliphatic heterocycles. The molecule has 0 N–H and O–H groups in total. The summed E-state index contributed by atoms with van der Waals surface area (Å²) in [7, 11) is 1.59. The molecule has 1 fully saturated rings. The van der Waals surface area contributed by atoms with Crippen LogP contribution in [-0.4, -0.2) is 34.6 Å². The number of likely N-dealkylation sites (N-methyl/N-ethyl adjacent to an activating group) is 1. The Bertz CT molecular complexity index is 1520. The number of amidine groups is 1. The lowest BCUT2D eigenvalue weighted by molar-refractivity contribution is -0.122. The average molecular weight is 562 g/mol. The van der Waals surface area contributed by atoms with Crippen LogP contribution >= 0.6 is 34.7 Å². The third-order valence-corrected chi connectivity index (χ3v) is 7.89. The molecular formula is C29H24ClN3O3S2. The highest BCUT2D eigenvalue weighted by atomic mass is 35.5. The number of rotatable bonds is 8. The number of thiazole rings is 1. The standard InChI is InChI=1S/C29H24ClN3O3S2/c1-3-33-27(34)26(38-29(33)32-28-31-23(18-37-28)20-9-5-4-6-10-20)16-19-13-14-24(25(15-19)35-2)36-17-21-11-7-8-12-22(21)30/h4-16,18H,3,17H2,1-2H3/b26-16-,32-29+. The number of ether oxygens (including phenoxy) is 2. The van der Waals surface area contributed by atoms with E-state index >= 15 is 0 Å². The van der Waals surface area contributed by atoms with E-state index in [9.17, 15) is 4.79 Å². The van der Waals surface area contributed by atoms with E-state index in [4.69, 9.17) is 26.1 Å². The number of aliphatic imine (C=N–C) groups is 1. The predicted molar refractivity (Wildman–Crippen MR) is 156 cm³/mol. The molecule has 1 aliphatic rings. The number of thioether (sulfide) groups is 1. The highest BCUT2D eigenvalue weighted by Gasteiger charge is 2.32. The van der Waals surface area contributed by atoms with Crippen LogP contribution in [-0.2, 0) is 11.4 Å². The number of benzene rings is 3. The summed E-state index contributed by atoms with van der Waals surface area (Å²) in [4.78, 5) is 24.7. The summed E-state index contributed by atoms with van der Waals surface area (Å²) < 4.78 is 11.5. The Morgan fingerprint density at radius 3 is 2.61 bits per heavy atom. The number of aromatic nitrogens is 1. The molecule has 0 atom stereocenters. The summed E-state index contributed by atoms with van der Waals surface area (Å²) >= 11 is 9.04. The minimum Gasteiger partial charge on any atom is -0.493 e. The smallest absolute Gasteiger partial charge is 0.266 e. The summed E-state index contributed by atoms with van der Waals surface area (Å²) in [5, 5.41) is 3.85. The Kier molecular flexibility index (Phi) is 8.12. The molecule has 0 bridgehead atoms. The number of hydrogen-bond acceptors (Lipinski definition) is 7. The van der Waals surface area contributed by atoms with Gasteiger partial charge in [-0.2, -0.15) is 4.99 Å². The van der Waals surface area contributed by atoms with E-state index in [1.165, 1.54) is 23.1 Å². The molecule has 0 radical (unpaired) electrons. The highest BCUT2D eigenvalue weighted by Crippen LogP contribution is 2.37. The lowest BCUT2D eigenvalue weighted by Crippen LogP contribution is -2.28. The fourth-order valence-electron chi connectivity index (χ4n) is 3.82. The monoisotopic (exact) mass is 561 g/mol. The van der Waals surface area contributed by atoms with Crippen molar-refractivity contribution in [2.24, 2.45) is 4.99 Å². The van der Waals surface area contributed by atoms with Crippen molar-refractivity contribution >= 4 is 57.0 Å². The van der Waals surface area contributed by atoms with Gasteiger partial charge in [0, 0.05) is 28.1 Å². The average Bonchev–Trinajstić information content (AvgIpc) is 3.53. The molecule has 1 amide bonds. The van der Waals surface area contributed by atoms with Crippen LogP contribution in [0.4, 0.5) is 5.13 Å². The van der Waals surface area contributed by atoms with E-state index in [0.29, 0.717) is 44.9 Å². The number of halogens is 1. The van der Waals surface area contributed by atoms with E-state index in [2.05, 4.69) is 4.98 Å². The van der Waals surface area contributed by atoms with E-state index in [-0.39, 0.29) is 5.91 Å². The van der Waals surface area contributed by atoms with E-state index in [0.717, 1.165) is 22.4 Å². The molecule has 0 spiro atoms. The molecule has 6 nitrogen and oxygen atoms in total. The maximum absolute atomic E-state index is 13.2. The molecule has 38 heavy (non-hydrogen) atoms. The van der Waals surface area contributed by atoms with Crippen LogP contribution in [0.3, 0.4) is 0 Å². The molecule has 5 rings (SSSR count). The minimum atomic E-state index is -0.0888. The van der Waals surface area contributed by atoms with Gasteiger partial charge in [-0.25, -0.2) is 4.98 Å². The first-order valence-corrected chi connectivity index (χ1v) is 14.0. The van der Waals surface area contributed by atoms with Crippen molar-refractivity contribution < 1.29 is 14.3 Å². The Labute approximate surface area is 234 Å². The first-order chi connectivity index (χ1) is 18.6. The molecular weight excluding hydrogens is 538 g/mol. The number of carbonyl (C=O) groups excluding carboxylic acids is 1. The Balaban J connectivity index is 1.35. The zero-order chi connectivity index (χ0) is 26.5. The fourth-order valence-corrected chi connectivity index (χ4v) is 5.81. The van der Waals surface area contributed by atoms with Crippen LogP contribution in [0.25, 0.3) is 17.3 Å². The topological polar surface area (TPSA) is 64.0 Å². The van der Waals surface area contributed by atoms with Crippen molar-refractivity contribution in [3.63, 3.8) is 0 Å². The molecule has 192 valence electrons. The Morgan fingerprint density at radius 1 is 1.05 bits per heavy atom. The van der Waals surface area contributed by atoms with Crippen LogP contribution in [0, 0.1) is 0 Å². The van der Waals surface area contributed by atoms with Crippen molar-refractivity contribution in [2.75, 3.05) is 13.7 Å². The molecule has 9 heteroatoms. The van der Waals surface area contributed by atoms with Gasteiger partial charge in [0.2, 0.25) is 5.13 Å². The van der Waals surface area contributed by atoms with Crippen LogP contribution < -0.4 is 9.47 Å². The van der Waals surface area contributed by atoms with E-state index in [1.807, 2.05) is 91.2 Å². The molecule has 0 aliphatic carbocycles. The molecule has 0 unspecified atom stereocenters. The van der Waals surface area contributed by atoms with Crippen molar-refractivity contribution in [3.05, 3.63) is 99.2 Å². The van der Waals surface area contributed by atoms with Gasteiger partial charge in [0.1, 0.15) is 6.61 Å². The summed E-state index contributed by atoms with van der Waals surface area (Å²) in [6, 6.07) is 23.1. The minimum absolute atomic E-state index is 0.0888. The number of hydrogen-bond donors (Lipinski definition) is 0. The molecule has 1 aromatic heterocycles. The quantitative estimate of drug-likeness (QED) is 0.206.